The lowest BCUT2D eigenvalue weighted by molar-refractivity contribution is 0.356. The Bertz CT molecular complexity index is 433. The van der Waals surface area contributed by atoms with E-state index in [0.29, 0.717) is 11.3 Å². The predicted molar refractivity (Wildman–Crippen MR) is 73.5 cm³/mol. The second kappa shape index (κ2) is 6.42. The highest BCUT2D eigenvalue weighted by atomic mass is 16.5. The monoisotopic (exact) mass is 246 g/mol. The number of nitrogens with zero attached hydrogens (tertiary/aromatic N) is 1. The summed E-state index contributed by atoms with van der Waals surface area (Å²) in [6, 6.07) is 7.82. The van der Waals surface area contributed by atoms with Crippen LogP contribution < -0.4 is 10.1 Å². The number of hydrogen-bond acceptors (Lipinski definition) is 3. The van der Waals surface area contributed by atoms with Gasteiger partial charge in [0, 0.05) is 12.1 Å². The van der Waals surface area contributed by atoms with Gasteiger partial charge in [0.15, 0.2) is 0 Å². The molecule has 0 fully saturated rings. The Morgan fingerprint density at radius 1 is 1.39 bits per heavy atom. The summed E-state index contributed by atoms with van der Waals surface area (Å²) in [6.45, 7) is 7.39. The van der Waals surface area contributed by atoms with Crippen LogP contribution in [0.15, 0.2) is 18.2 Å². The number of rotatable bonds is 6. The molecule has 0 amide bonds. The highest BCUT2D eigenvalue weighted by molar-refractivity contribution is 5.45. The Kier molecular flexibility index (Phi) is 5.18. The van der Waals surface area contributed by atoms with Crippen molar-refractivity contribution in [2.75, 3.05) is 7.11 Å². The van der Waals surface area contributed by atoms with Gasteiger partial charge in [-0.25, -0.2) is 0 Å². The van der Waals surface area contributed by atoms with Crippen LogP contribution in [0.5, 0.6) is 5.75 Å². The minimum Gasteiger partial charge on any atom is -0.495 e. The van der Waals surface area contributed by atoms with Gasteiger partial charge in [0.05, 0.1) is 12.7 Å². The fourth-order valence-electron chi connectivity index (χ4n) is 1.99. The standard InChI is InChI=1S/C15H22N2O/c1-5-8-15(2,3)17-11-12-6-7-13(10-16)14(9-12)18-4/h6-7,9,17H,5,8,11H2,1-4H3. The molecule has 0 saturated carbocycles. The lowest BCUT2D eigenvalue weighted by Crippen LogP contribution is -2.38. The van der Waals surface area contributed by atoms with Gasteiger partial charge in [-0.2, -0.15) is 5.26 Å². The fourth-order valence-corrected chi connectivity index (χ4v) is 1.99. The number of ether oxygens (including phenoxy) is 1. The molecule has 0 aliphatic rings. The third kappa shape index (κ3) is 4.05. The van der Waals surface area contributed by atoms with Crippen molar-refractivity contribution in [2.24, 2.45) is 0 Å². The maximum absolute atomic E-state index is 8.92. The first-order valence-electron chi connectivity index (χ1n) is 6.34. The van der Waals surface area contributed by atoms with Gasteiger partial charge in [-0.15, -0.1) is 0 Å². The van der Waals surface area contributed by atoms with Crippen molar-refractivity contribution in [3.05, 3.63) is 29.3 Å². The zero-order chi connectivity index (χ0) is 13.6. The molecule has 0 aromatic heterocycles. The van der Waals surface area contributed by atoms with Crippen LogP contribution in [0.3, 0.4) is 0 Å². The maximum atomic E-state index is 8.92. The highest BCUT2D eigenvalue weighted by Crippen LogP contribution is 2.20. The van der Waals surface area contributed by atoms with E-state index in [2.05, 4.69) is 32.2 Å². The van der Waals surface area contributed by atoms with Crippen LogP contribution in [0.1, 0.15) is 44.7 Å². The molecule has 1 aromatic carbocycles. The Morgan fingerprint density at radius 3 is 2.67 bits per heavy atom. The first-order chi connectivity index (χ1) is 8.52. The van der Waals surface area contributed by atoms with Crippen LogP contribution in [-0.4, -0.2) is 12.6 Å². The van der Waals surface area contributed by atoms with Crippen LogP contribution in [0.4, 0.5) is 0 Å². The van der Waals surface area contributed by atoms with Crippen LogP contribution in [0.25, 0.3) is 0 Å². The van der Waals surface area contributed by atoms with Crippen molar-refractivity contribution in [2.45, 2.75) is 45.7 Å². The average Bonchev–Trinajstić information content (AvgIpc) is 2.36. The Balaban J connectivity index is 2.72. The summed E-state index contributed by atoms with van der Waals surface area (Å²) in [5.74, 6) is 0.644. The second-order valence-corrected chi connectivity index (χ2v) is 5.13. The van der Waals surface area contributed by atoms with Gasteiger partial charge >= 0.3 is 0 Å². The molecule has 1 rings (SSSR count). The van der Waals surface area contributed by atoms with E-state index in [-0.39, 0.29) is 5.54 Å². The van der Waals surface area contributed by atoms with E-state index in [4.69, 9.17) is 10.00 Å². The molecule has 1 aromatic rings. The summed E-state index contributed by atoms with van der Waals surface area (Å²) in [4.78, 5) is 0. The van der Waals surface area contributed by atoms with Crippen molar-refractivity contribution in [3.8, 4) is 11.8 Å². The van der Waals surface area contributed by atoms with Crippen LogP contribution in [0.2, 0.25) is 0 Å². The summed E-state index contributed by atoms with van der Waals surface area (Å²) in [7, 11) is 1.59. The summed E-state index contributed by atoms with van der Waals surface area (Å²) >= 11 is 0. The van der Waals surface area contributed by atoms with Gasteiger partial charge in [-0.3, -0.25) is 0 Å². The lowest BCUT2D eigenvalue weighted by Gasteiger charge is -2.26. The highest BCUT2D eigenvalue weighted by Gasteiger charge is 2.15. The Labute approximate surface area is 110 Å². The second-order valence-electron chi connectivity index (χ2n) is 5.13. The Hall–Kier alpha value is -1.53. The largest absolute Gasteiger partial charge is 0.495 e. The molecular weight excluding hydrogens is 224 g/mol. The van der Waals surface area contributed by atoms with E-state index < -0.39 is 0 Å². The van der Waals surface area contributed by atoms with Gasteiger partial charge in [-0.1, -0.05) is 19.4 Å². The zero-order valence-corrected chi connectivity index (χ0v) is 11.7. The molecule has 0 unspecified atom stereocenters. The van der Waals surface area contributed by atoms with Gasteiger partial charge in [0.1, 0.15) is 11.8 Å². The van der Waals surface area contributed by atoms with E-state index >= 15 is 0 Å². The van der Waals surface area contributed by atoms with E-state index in [1.54, 1.807) is 7.11 Å². The number of hydrogen-bond donors (Lipinski definition) is 1. The molecule has 18 heavy (non-hydrogen) atoms. The van der Waals surface area contributed by atoms with Crippen molar-refractivity contribution >= 4 is 0 Å². The number of methoxy groups -OCH3 is 1. The molecule has 0 radical (unpaired) electrons. The maximum Gasteiger partial charge on any atom is 0.136 e. The molecule has 1 N–H and O–H groups in total. The summed E-state index contributed by atoms with van der Waals surface area (Å²) in [5, 5.41) is 12.5. The third-order valence-corrected chi connectivity index (χ3v) is 3.03. The van der Waals surface area contributed by atoms with E-state index in [0.717, 1.165) is 24.9 Å². The fraction of sp³-hybridized carbons (Fsp3) is 0.533. The molecule has 0 aliphatic heterocycles. The topological polar surface area (TPSA) is 45.0 Å². The number of nitriles is 1. The molecule has 0 atom stereocenters. The molecule has 3 heteroatoms. The van der Waals surface area contributed by atoms with E-state index in [1.165, 1.54) is 0 Å². The van der Waals surface area contributed by atoms with Gasteiger partial charge < -0.3 is 10.1 Å². The van der Waals surface area contributed by atoms with Crippen molar-refractivity contribution in [3.63, 3.8) is 0 Å². The first-order valence-corrected chi connectivity index (χ1v) is 6.34. The molecular formula is C15H22N2O. The van der Waals surface area contributed by atoms with Gasteiger partial charge in [-0.05, 0) is 38.0 Å². The molecule has 3 nitrogen and oxygen atoms in total. The first kappa shape index (κ1) is 14.5. The smallest absolute Gasteiger partial charge is 0.136 e. The molecule has 98 valence electrons. The van der Waals surface area contributed by atoms with Crippen molar-refractivity contribution in [1.82, 2.24) is 5.32 Å². The number of nitrogens with one attached hydrogen (secondary N) is 1. The minimum atomic E-state index is 0.135. The van der Waals surface area contributed by atoms with Gasteiger partial charge in [0.2, 0.25) is 0 Å². The normalized spacial score (nSPS) is 11.1. The van der Waals surface area contributed by atoms with Crippen LogP contribution >= 0.6 is 0 Å². The number of benzene rings is 1. The van der Waals surface area contributed by atoms with Crippen LogP contribution in [-0.2, 0) is 6.54 Å². The van der Waals surface area contributed by atoms with Crippen molar-refractivity contribution < 1.29 is 4.74 Å². The summed E-state index contributed by atoms with van der Waals surface area (Å²) in [6.07, 6.45) is 2.30. The minimum absolute atomic E-state index is 0.135. The quantitative estimate of drug-likeness (QED) is 0.838. The lowest BCUT2D eigenvalue weighted by atomic mass is 9.98. The summed E-state index contributed by atoms with van der Waals surface area (Å²) < 4.78 is 5.21. The average molecular weight is 246 g/mol. The zero-order valence-electron chi connectivity index (χ0n) is 11.7. The summed E-state index contributed by atoms with van der Waals surface area (Å²) in [5.41, 5.74) is 1.85. The van der Waals surface area contributed by atoms with Crippen LogP contribution in [0, 0.1) is 11.3 Å². The van der Waals surface area contributed by atoms with Crippen molar-refractivity contribution in [1.29, 1.82) is 5.26 Å². The molecule has 0 spiro atoms. The molecule has 0 bridgehead atoms. The SMILES string of the molecule is CCCC(C)(C)NCc1ccc(C#N)c(OC)c1. The molecule has 0 heterocycles. The molecule has 0 aliphatic carbocycles. The Morgan fingerprint density at radius 2 is 2.11 bits per heavy atom. The van der Waals surface area contributed by atoms with E-state index in [9.17, 15) is 0 Å². The predicted octanol–water partition coefficient (Wildman–Crippen LogP) is 3.24. The van der Waals surface area contributed by atoms with E-state index in [1.807, 2.05) is 18.2 Å². The third-order valence-electron chi connectivity index (χ3n) is 3.03. The van der Waals surface area contributed by atoms with Gasteiger partial charge in [0.25, 0.3) is 0 Å². The molecule has 0 saturated heterocycles.